The molecule has 0 bridgehead atoms. The molecule has 17 heavy (non-hydrogen) atoms. The second kappa shape index (κ2) is 6.97. The molecule has 0 radical (unpaired) electrons. The summed E-state index contributed by atoms with van der Waals surface area (Å²) in [5.41, 5.74) is 5.57. The maximum atomic E-state index is 11.8. The fraction of sp³-hybridized carbons (Fsp3) is 0.923. The third kappa shape index (κ3) is 8.16. The average molecular weight is 243 g/mol. The van der Waals surface area contributed by atoms with Gasteiger partial charge in [0.25, 0.3) is 0 Å². The van der Waals surface area contributed by atoms with Crippen LogP contribution in [0.5, 0.6) is 0 Å². The highest BCUT2D eigenvalue weighted by Crippen LogP contribution is 2.06. The van der Waals surface area contributed by atoms with E-state index in [0.717, 1.165) is 6.54 Å². The van der Waals surface area contributed by atoms with E-state index >= 15 is 0 Å². The molecule has 0 aliphatic heterocycles. The maximum absolute atomic E-state index is 11.8. The van der Waals surface area contributed by atoms with Crippen molar-refractivity contribution >= 4 is 5.91 Å². The lowest BCUT2D eigenvalue weighted by atomic mass is 10.1. The number of hydrogen-bond donors (Lipinski definition) is 2. The Labute approximate surface area is 106 Å². The Hall–Kier alpha value is -0.610. The molecule has 1 amide bonds. The molecular formula is C13H29N3O. The number of nitrogens with two attached hydrogens (primary N) is 1. The van der Waals surface area contributed by atoms with Gasteiger partial charge in [0.05, 0.1) is 0 Å². The molecule has 0 aromatic heterocycles. The van der Waals surface area contributed by atoms with E-state index in [9.17, 15) is 4.79 Å². The first-order valence-electron chi connectivity index (χ1n) is 6.37. The third-order valence-electron chi connectivity index (χ3n) is 2.48. The number of amides is 1. The van der Waals surface area contributed by atoms with Crippen molar-refractivity contribution in [3.05, 3.63) is 0 Å². The Morgan fingerprint density at radius 1 is 1.35 bits per heavy atom. The summed E-state index contributed by atoms with van der Waals surface area (Å²) in [4.78, 5) is 14.0. The molecule has 0 aliphatic rings. The van der Waals surface area contributed by atoms with Gasteiger partial charge in [-0.2, -0.15) is 0 Å². The summed E-state index contributed by atoms with van der Waals surface area (Å²) in [6.45, 7) is 11.8. The summed E-state index contributed by atoms with van der Waals surface area (Å²) in [5, 5.41) is 2.97. The second-order valence-corrected chi connectivity index (χ2v) is 6.23. The minimum atomic E-state index is -0.174. The molecule has 0 saturated heterocycles. The van der Waals surface area contributed by atoms with Crippen LogP contribution in [0.4, 0.5) is 0 Å². The molecule has 1 atom stereocenters. The van der Waals surface area contributed by atoms with Crippen LogP contribution in [0.2, 0.25) is 0 Å². The van der Waals surface area contributed by atoms with Crippen LogP contribution in [0.25, 0.3) is 0 Å². The summed E-state index contributed by atoms with van der Waals surface area (Å²) in [6, 6.07) is 0.125. The molecule has 0 rings (SSSR count). The lowest BCUT2D eigenvalue weighted by Gasteiger charge is -2.29. The van der Waals surface area contributed by atoms with Crippen molar-refractivity contribution in [2.75, 3.05) is 20.1 Å². The molecule has 0 spiro atoms. The van der Waals surface area contributed by atoms with Crippen LogP contribution in [-0.2, 0) is 4.79 Å². The number of carbonyl (C=O) groups is 1. The van der Waals surface area contributed by atoms with Gasteiger partial charge in [0.15, 0.2) is 0 Å². The number of hydrogen-bond acceptors (Lipinski definition) is 3. The van der Waals surface area contributed by atoms with Crippen LogP contribution in [0, 0.1) is 5.92 Å². The molecule has 3 N–H and O–H groups in total. The molecule has 0 saturated carbocycles. The predicted molar refractivity (Wildman–Crippen MR) is 72.8 cm³/mol. The standard InChI is InChI=1S/C13H29N3O/c1-10(2)9-16(6)11(8-14)7-12(17)15-13(3,4)5/h10-11H,7-9,14H2,1-6H3,(H,15,17). The number of rotatable bonds is 6. The third-order valence-corrected chi connectivity index (χ3v) is 2.48. The van der Waals surface area contributed by atoms with E-state index in [4.69, 9.17) is 5.73 Å². The maximum Gasteiger partial charge on any atom is 0.222 e. The minimum Gasteiger partial charge on any atom is -0.351 e. The minimum absolute atomic E-state index is 0.0727. The van der Waals surface area contributed by atoms with E-state index in [1.54, 1.807) is 0 Å². The van der Waals surface area contributed by atoms with E-state index < -0.39 is 0 Å². The van der Waals surface area contributed by atoms with Crippen LogP contribution in [0.3, 0.4) is 0 Å². The van der Waals surface area contributed by atoms with Crippen molar-refractivity contribution in [2.45, 2.75) is 52.6 Å². The van der Waals surface area contributed by atoms with Crippen LogP contribution in [-0.4, -0.2) is 42.5 Å². The lowest BCUT2D eigenvalue weighted by molar-refractivity contribution is -0.123. The predicted octanol–water partition coefficient (Wildman–Crippen LogP) is 1.21. The van der Waals surface area contributed by atoms with Gasteiger partial charge in [-0.1, -0.05) is 13.8 Å². The highest BCUT2D eigenvalue weighted by Gasteiger charge is 2.20. The summed E-state index contributed by atoms with van der Waals surface area (Å²) in [7, 11) is 2.03. The van der Waals surface area contributed by atoms with Crippen LogP contribution < -0.4 is 11.1 Å². The second-order valence-electron chi connectivity index (χ2n) is 6.23. The van der Waals surface area contributed by atoms with Gasteiger partial charge >= 0.3 is 0 Å². The lowest BCUT2D eigenvalue weighted by Crippen LogP contribution is -2.47. The van der Waals surface area contributed by atoms with Gasteiger partial charge in [-0.15, -0.1) is 0 Å². The van der Waals surface area contributed by atoms with Crippen molar-refractivity contribution in [2.24, 2.45) is 11.7 Å². The topological polar surface area (TPSA) is 58.4 Å². The molecule has 0 fully saturated rings. The van der Waals surface area contributed by atoms with Crippen LogP contribution in [0.15, 0.2) is 0 Å². The molecule has 102 valence electrons. The van der Waals surface area contributed by atoms with Gasteiger partial charge in [-0.05, 0) is 33.7 Å². The molecular weight excluding hydrogens is 214 g/mol. The zero-order valence-electron chi connectivity index (χ0n) is 12.2. The van der Waals surface area contributed by atoms with Crippen molar-refractivity contribution in [3.8, 4) is 0 Å². The first-order valence-corrected chi connectivity index (χ1v) is 6.37. The normalized spacial score (nSPS) is 14.2. The Balaban J connectivity index is 4.25. The van der Waals surface area contributed by atoms with Crippen molar-refractivity contribution in [1.29, 1.82) is 0 Å². The fourth-order valence-electron chi connectivity index (χ4n) is 1.83. The number of nitrogens with zero attached hydrogens (tertiary/aromatic N) is 1. The molecule has 0 aromatic carbocycles. The van der Waals surface area contributed by atoms with Gasteiger partial charge in [0, 0.05) is 31.1 Å². The zero-order chi connectivity index (χ0) is 13.6. The smallest absolute Gasteiger partial charge is 0.222 e. The number of nitrogens with one attached hydrogen (secondary N) is 1. The fourth-order valence-corrected chi connectivity index (χ4v) is 1.83. The molecule has 0 aromatic rings. The number of likely N-dealkylation sites (N-methyl/N-ethyl adjacent to an activating group) is 1. The highest BCUT2D eigenvalue weighted by molar-refractivity contribution is 5.77. The largest absolute Gasteiger partial charge is 0.351 e. The Bertz CT molecular complexity index is 233. The van der Waals surface area contributed by atoms with Crippen molar-refractivity contribution < 1.29 is 4.79 Å². The van der Waals surface area contributed by atoms with Crippen molar-refractivity contribution in [3.63, 3.8) is 0 Å². The van der Waals surface area contributed by atoms with Gasteiger partial charge in [0.2, 0.25) is 5.91 Å². The summed E-state index contributed by atoms with van der Waals surface area (Å²) < 4.78 is 0. The Morgan fingerprint density at radius 3 is 2.24 bits per heavy atom. The van der Waals surface area contributed by atoms with Gasteiger partial charge in [0.1, 0.15) is 0 Å². The summed E-state index contributed by atoms with van der Waals surface area (Å²) >= 11 is 0. The Kier molecular flexibility index (Phi) is 6.72. The van der Waals surface area contributed by atoms with Gasteiger partial charge < -0.3 is 16.0 Å². The Morgan fingerprint density at radius 2 is 1.88 bits per heavy atom. The zero-order valence-corrected chi connectivity index (χ0v) is 12.2. The van der Waals surface area contributed by atoms with E-state index in [1.807, 2.05) is 27.8 Å². The van der Waals surface area contributed by atoms with Crippen LogP contribution in [0.1, 0.15) is 41.0 Å². The van der Waals surface area contributed by atoms with Crippen LogP contribution >= 0.6 is 0 Å². The van der Waals surface area contributed by atoms with E-state index in [0.29, 0.717) is 18.9 Å². The first-order chi connectivity index (χ1) is 7.65. The monoisotopic (exact) mass is 243 g/mol. The van der Waals surface area contributed by atoms with Crippen molar-refractivity contribution in [1.82, 2.24) is 10.2 Å². The number of carbonyl (C=O) groups excluding carboxylic acids is 1. The van der Waals surface area contributed by atoms with E-state index in [-0.39, 0.29) is 17.5 Å². The average Bonchev–Trinajstić information content (AvgIpc) is 2.09. The molecule has 4 heteroatoms. The van der Waals surface area contributed by atoms with E-state index in [2.05, 4.69) is 24.1 Å². The van der Waals surface area contributed by atoms with Gasteiger partial charge in [-0.25, -0.2) is 0 Å². The molecule has 0 heterocycles. The van der Waals surface area contributed by atoms with Gasteiger partial charge in [-0.3, -0.25) is 4.79 Å². The highest BCUT2D eigenvalue weighted by atomic mass is 16.1. The summed E-state index contributed by atoms with van der Waals surface area (Å²) in [6.07, 6.45) is 0.469. The molecule has 4 nitrogen and oxygen atoms in total. The first kappa shape index (κ1) is 16.4. The van der Waals surface area contributed by atoms with E-state index in [1.165, 1.54) is 0 Å². The molecule has 1 unspecified atom stereocenters. The SMILES string of the molecule is CC(C)CN(C)C(CN)CC(=O)NC(C)(C)C. The molecule has 0 aliphatic carbocycles. The quantitative estimate of drug-likeness (QED) is 0.737. The summed E-state index contributed by atoms with van der Waals surface area (Å²) in [5.74, 6) is 0.656.